The summed E-state index contributed by atoms with van der Waals surface area (Å²) in [5, 5.41) is 25.5. The number of carbonyl (C=O) groups excluding carboxylic acids is 1. The Hall–Kier alpha value is -2.89. The second-order valence-electron chi connectivity index (χ2n) is 5.15. The Morgan fingerprint density at radius 2 is 2.04 bits per heavy atom. The number of carbonyl (C=O) groups is 1. The molecule has 2 aromatic rings. The molecular weight excluding hydrogens is 424 g/mol. The fourth-order valence-electron chi connectivity index (χ4n) is 2.00. The zero-order valence-electron chi connectivity index (χ0n) is 13.4. The number of anilines is 2. The van der Waals surface area contributed by atoms with Crippen LogP contribution in [0.25, 0.3) is 0 Å². The minimum absolute atomic E-state index is 0.0480. The summed E-state index contributed by atoms with van der Waals surface area (Å²) >= 11 is 9.29. The van der Waals surface area contributed by atoms with Gasteiger partial charge in [0, 0.05) is 28.5 Å². The van der Waals surface area contributed by atoms with Gasteiger partial charge in [-0.3, -0.25) is 14.9 Å². The number of non-ortho nitro benzene ring substituents is 1. The Labute approximate surface area is 162 Å². The third-order valence-electron chi connectivity index (χ3n) is 3.33. The van der Waals surface area contributed by atoms with Crippen molar-refractivity contribution in [3.05, 3.63) is 73.3 Å². The first kappa shape index (κ1) is 19.4. The van der Waals surface area contributed by atoms with Crippen LogP contribution < -0.4 is 10.6 Å². The third-order valence-corrected chi connectivity index (χ3v) is 4.16. The zero-order valence-corrected chi connectivity index (χ0v) is 15.8. The molecule has 0 radical (unpaired) electrons. The van der Waals surface area contributed by atoms with Gasteiger partial charge in [-0.1, -0.05) is 27.5 Å². The predicted molar refractivity (Wildman–Crippen MR) is 103 cm³/mol. The molecular formula is C17H12BrClN4O3. The molecule has 0 saturated carbocycles. The minimum Gasteiger partial charge on any atom is -0.360 e. The van der Waals surface area contributed by atoms with E-state index in [1.165, 1.54) is 18.3 Å². The Morgan fingerprint density at radius 1 is 1.31 bits per heavy atom. The Morgan fingerprint density at radius 3 is 2.65 bits per heavy atom. The summed E-state index contributed by atoms with van der Waals surface area (Å²) in [5.74, 6) is -0.739. The maximum atomic E-state index is 12.3. The molecule has 0 fully saturated rings. The maximum Gasteiger partial charge on any atom is 0.271 e. The van der Waals surface area contributed by atoms with Crippen LogP contribution in [0.15, 0.2) is 52.6 Å². The topological polar surface area (TPSA) is 108 Å². The van der Waals surface area contributed by atoms with Crippen molar-refractivity contribution in [3.63, 3.8) is 0 Å². The minimum atomic E-state index is -0.739. The Kier molecular flexibility index (Phi) is 6.33. The molecule has 2 rings (SSSR count). The highest BCUT2D eigenvalue weighted by atomic mass is 79.9. The van der Waals surface area contributed by atoms with E-state index < -0.39 is 10.8 Å². The summed E-state index contributed by atoms with van der Waals surface area (Å²) in [7, 11) is 0. The third kappa shape index (κ3) is 4.81. The van der Waals surface area contributed by atoms with E-state index in [1.807, 2.05) is 19.1 Å². The Balaban J connectivity index is 2.20. The van der Waals surface area contributed by atoms with Gasteiger partial charge in [-0.05, 0) is 36.8 Å². The van der Waals surface area contributed by atoms with Crippen LogP contribution in [0.2, 0.25) is 5.02 Å². The first-order valence-electron chi connectivity index (χ1n) is 7.20. The maximum absolute atomic E-state index is 12.3. The first-order chi connectivity index (χ1) is 12.3. The van der Waals surface area contributed by atoms with Gasteiger partial charge in [0.05, 0.1) is 15.6 Å². The number of hydrogen-bond acceptors (Lipinski definition) is 5. The molecule has 9 heteroatoms. The molecule has 2 N–H and O–H groups in total. The largest absolute Gasteiger partial charge is 0.360 e. The quantitative estimate of drug-likeness (QED) is 0.304. The van der Waals surface area contributed by atoms with E-state index in [4.69, 9.17) is 11.6 Å². The summed E-state index contributed by atoms with van der Waals surface area (Å²) in [4.78, 5) is 22.5. The summed E-state index contributed by atoms with van der Waals surface area (Å²) in [6.07, 6.45) is 1.26. The molecule has 0 heterocycles. The van der Waals surface area contributed by atoms with E-state index in [0.717, 1.165) is 21.8 Å². The highest BCUT2D eigenvalue weighted by molar-refractivity contribution is 9.10. The van der Waals surface area contributed by atoms with Crippen molar-refractivity contribution < 1.29 is 9.72 Å². The number of nitro benzene ring substituents is 1. The van der Waals surface area contributed by atoms with Crippen molar-refractivity contribution >= 4 is 50.5 Å². The number of hydrogen-bond donors (Lipinski definition) is 2. The molecule has 0 bridgehead atoms. The molecule has 7 nitrogen and oxygen atoms in total. The van der Waals surface area contributed by atoms with Crippen LogP contribution in [0.3, 0.4) is 0 Å². The number of halogens is 2. The van der Waals surface area contributed by atoms with Crippen molar-refractivity contribution in [1.29, 1.82) is 5.26 Å². The lowest BCUT2D eigenvalue weighted by molar-refractivity contribution is -0.384. The normalized spacial score (nSPS) is 10.8. The molecule has 0 unspecified atom stereocenters. The molecule has 0 spiro atoms. The van der Waals surface area contributed by atoms with Crippen LogP contribution in [-0.2, 0) is 4.79 Å². The molecule has 0 aliphatic rings. The van der Waals surface area contributed by atoms with Crippen molar-refractivity contribution in [2.45, 2.75) is 6.92 Å². The number of nitrogens with zero attached hydrogens (tertiary/aromatic N) is 2. The number of aryl methyl sites for hydroxylation is 1. The van der Waals surface area contributed by atoms with E-state index in [-0.39, 0.29) is 22.0 Å². The number of nitrogens with one attached hydrogen (secondary N) is 2. The molecule has 26 heavy (non-hydrogen) atoms. The Bertz CT molecular complexity index is 954. The van der Waals surface area contributed by atoms with Gasteiger partial charge in [0.15, 0.2) is 0 Å². The number of nitriles is 1. The summed E-state index contributed by atoms with van der Waals surface area (Å²) < 4.78 is 0.906. The summed E-state index contributed by atoms with van der Waals surface area (Å²) in [5.41, 5.74) is 1.25. The molecule has 0 atom stereocenters. The lowest BCUT2D eigenvalue weighted by Crippen LogP contribution is -2.15. The van der Waals surface area contributed by atoms with E-state index in [2.05, 4.69) is 26.6 Å². The molecule has 0 saturated heterocycles. The van der Waals surface area contributed by atoms with Gasteiger partial charge >= 0.3 is 0 Å². The molecule has 0 aliphatic heterocycles. The smallest absolute Gasteiger partial charge is 0.271 e. The van der Waals surface area contributed by atoms with Crippen molar-refractivity contribution in [2.75, 3.05) is 10.6 Å². The fourth-order valence-corrected chi connectivity index (χ4v) is 2.64. The van der Waals surface area contributed by atoms with Gasteiger partial charge in [-0.25, -0.2) is 0 Å². The number of nitro groups is 1. The lowest BCUT2D eigenvalue weighted by Gasteiger charge is -2.08. The summed E-state index contributed by atoms with van der Waals surface area (Å²) in [6, 6.07) is 10.9. The van der Waals surface area contributed by atoms with Crippen LogP contribution in [0.1, 0.15) is 5.56 Å². The lowest BCUT2D eigenvalue weighted by atomic mass is 10.2. The van der Waals surface area contributed by atoms with E-state index in [0.29, 0.717) is 0 Å². The second-order valence-corrected chi connectivity index (χ2v) is 6.47. The number of benzene rings is 2. The highest BCUT2D eigenvalue weighted by Gasteiger charge is 2.15. The van der Waals surface area contributed by atoms with E-state index in [9.17, 15) is 20.2 Å². The first-order valence-corrected chi connectivity index (χ1v) is 8.37. The van der Waals surface area contributed by atoms with E-state index in [1.54, 1.807) is 12.1 Å². The van der Waals surface area contributed by atoms with Crippen LogP contribution in [0, 0.1) is 28.4 Å². The number of rotatable bonds is 5. The van der Waals surface area contributed by atoms with Gasteiger partial charge in [-0.2, -0.15) is 5.26 Å². The van der Waals surface area contributed by atoms with Crippen LogP contribution in [0.4, 0.5) is 17.1 Å². The van der Waals surface area contributed by atoms with Gasteiger partial charge in [-0.15, -0.1) is 0 Å². The van der Waals surface area contributed by atoms with Gasteiger partial charge < -0.3 is 10.6 Å². The van der Waals surface area contributed by atoms with Crippen molar-refractivity contribution in [3.8, 4) is 6.07 Å². The number of amides is 1. The van der Waals surface area contributed by atoms with Crippen molar-refractivity contribution in [1.82, 2.24) is 0 Å². The predicted octanol–water partition coefficient (Wildman–Crippen LogP) is 4.78. The average Bonchev–Trinajstić information content (AvgIpc) is 2.58. The average molecular weight is 436 g/mol. The summed E-state index contributed by atoms with van der Waals surface area (Å²) in [6.45, 7) is 1.87. The van der Waals surface area contributed by atoms with Gasteiger partial charge in [0.25, 0.3) is 11.6 Å². The SMILES string of the molecule is Cc1cc(Br)ccc1N/C=C(/C#N)C(=O)Nc1cc([N+](=O)[O-])ccc1Cl. The highest BCUT2D eigenvalue weighted by Crippen LogP contribution is 2.27. The van der Waals surface area contributed by atoms with Gasteiger partial charge in [0.2, 0.25) is 0 Å². The van der Waals surface area contributed by atoms with Gasteiger partial charge in [0.1, 0.15) is 11.6 Å². The monoisotopic (exact) mass is 434 g/mol. The van der Waals surface area contributed by atoms with Crippen LogP contribution in [-0.4, -0.2) is 10.8 Å². The van der Waals surface area contributed by atoms with Crippen molar-refractivity contribution in [2.24, 2.45) is 0 Å². The molecule has 0 aliphatic carbocycles. The van der Waals surface area contributed by atoms with Crippen LogP contribution >= 0.6 is 27.5 Å². The zero-order chi connectivity index (χ0) is 19.3. The molecule has 132 valence electrons. The molecule has 2 aromatic carbocycles. The second kappa shape index (κ2) is 8.47. The molecule has 0 aromatic heterocycles. The van der Waals surface area contributed by atoms with Crippen LogP contribution in [0.5, 0.6) is 0 Å². The standard InChI is InChI=1S/C17H12BrClN4O3/c1-10-6-12(18)2-5-15(10)21-9-11(8-20)17(24)22-16-7-13(23(25)26)3-4-14(16)19/h2-7,9,21H,1H3,(H,22,24)/b11-9-. The molecule has 1 amide bonds. The van der Waals surface area contributed by atoms with E-state index >= 15 is 0 Å². The fraction of sp³-hybridized carbons (Fsp3) is 0.0588.